The van der Waals surface area contributed by atoms with Crippen LogP contribution in [0.5, 0.6) is 5.75 Å². The third-order valence-electron chi connectivity index (χ3n) is 4.47. The lowest BCUT2D eigenvalue weighted by Gasteiger charge is -2.52. The van der Waals surface area contributed by atoms with Gasteiger partial charge in [0.15, 0.2) is 0 Å². The van der Waals surface area contributed by atoms with Crippen LogP contribution in [0.3, 0.4) is 0 Å². The molecular formula is C14H18INO. The van der Waals surface area contributed by atoms with Crippen LogP contribution in [0.4, 0.5) is 0 Å². The Kier molecular flexibility index (Phi) is 3.07. The first-order valence-electron chi connectivity index (χ1n) is 6.38. The van der Waals surface area contributed by atoms with Crippen molar-refractivity contribution in [2.24, 2.45) is 11.1 Å². The minimum Gasteiger partial charge on any atom is -0.490 e. The molecule has 1 spiro atoms. The van der Waals surface area contributed by atoms with E-state index in [4.69, 9.17) is 10.5 Å². The van der Waals surface area contributed by atoms with Crippen LogP contribution in [0.25, 0.3) is 0 Å². The van der Waals surface area contributed by atoms with Crippen molar-refractivity contribution < 1.29 is 4.74 Å². The van der Waals surface area contributed by atoms with Gasteiger partial charge in [0.05, 0.1) is 0 Å². The van der Waals surface area contributed by atoms with Gasteiger partial charge in [-0.1, -0.05) is 12.8 Å². The van der Waals surface area contributed by atoms with Crippen LogP contribution in [-0.4, -0.2) is 12.1 Å². The van der Waals surface area contributed by atoms with Gasteiger partial charge in [-0.2, -0.15) is 0 Å². The first-order chi connectivity index (χ1) is 8.21. The fourth-order valence-electron chi connectivity index (χ4n) is 3.35. The molecule has 2 nitrogen and oxygen atoms in total. The number of rotatable bonds is 2. The quantitative estimate of drug-likeness (QED) is 0.836. The van der Waals surface area contributed by atoms with Gasteiger partial charge in [0.25, 0.3) is 0 Å². The number of hydrogen-bond acceptors (Lipinski definition) is 2. The summed E-state index contributed by atoms with van der Waals surface area (Å²) in [5.41, 5.74) is 6.50. The van der Waals surface area contributed by atoms with Crippen molar-refractivity contribution >= 4 is 22.6 Å². The molecule has 2 aliphatic carbocycles. The summed E-state index contributed by atoms with van der Waals surface area (Å²) < 4.78 is 7.38. The molecule has 2 fully saturated rings. The predicted molar refractivity (Wildman–Crippen MR) is 77.1 cm³/mol. The minimum atomic E-state index is 0.295. The van der Waals surface area contributed by atoms with E-state index in [1.807, 2.05) is 0 Å². The van der Waals surface area contributed by atoms with E-state index in [1.165, 1.54) is 29.3 Å². The molecule has 1 aromatic rings. The summed E-state index contributed by atoms with van der Waals surface area (Å²) in [4.78, 5) is 0. The number of ether oxygens (including phenoxy) is 1. The molecule has 0 aromatic heterocycles. The molecule has 2 N–H and O–H groups in total. The van der Waals surface area contributed by atoms with Gasteiger partial charge in [-0.25, -0.2) is 0 Å². The smallest absolute Gasteiger partial charge is 0.119 e. The molecule has 92 valence electrons. The topological polar surface area (TPSA) is 35.2 Å². The van der Waals surface area contributed by atoms with Crippen LogP contribution >= 0.6 is 22.6 Å². The second kappa shape index (κ2) is 4.43. The summed E-state index contributed by atoms with van der Waals surface area (Å²) in [6, 6.07) is 8.67. The van der Waals surface area contributed by atoms with Crippen molar-refractivity contribution in [2.45, 2.75) is 44.2 Å². The minimum absolute atomic E-state index is 0.295. The first-order valence-corrected chi connectivity index (χ1v) is 7.46. The summed E-state index contributed by atoms with van der Waals surface area (Å²) >= 11 is 2.31. The zero-order valence-corrected chi connectivity index (χ0v) is 12.0. The zero-order valence-electron chi connectivity index (χ0n) is 9.86. The molecular weight excluding hydrogens is 325 g/mol. The van der Waals surface area contributed by atoms with E-state index in [0.29, 0.717) is 17.6 Å². The maximum absolute atomic E-state index is 6.21. The predicted octanol–water partition coefficient (Wildman–Crippen LogP) is 3.33. The van der Waals surface area contributed by atoms with Crippen LogP contribution in [-0.2, 0) is 0 Å². The van der Waals surface area contributed by atoms with Crippen molar-refractivity contribution in [3.05, 3.63) is 27.8 Å². The maximum atomic E-state index is 6.21. The van der Waals surface area contributed by atoms with Crippen molar-refractivity contribution in [1.82, 2.24) is 0 Å². The van der Waals surface area contributed by atoms with E-state index in [1.54, 1.807) is 0 Å². The first kappa shape index (κ1) is 11.8. The number of hydrogen-bond donors (Lipinski definition) is 1. The van der Waals surface area contributed by atoms with Crippen LogP contribution in [0.1, 0.15) is 32.1 Å². The lowest BCUT2D eigenvalue weighted by Crippen LogP contribution is -2.62. The molecule has 0 radical (unpaired) electrons. The lowest BCUT2D eigenvalue weighted by atomic mass is 9.61. The maximum Gasteiger partial charge on any atom is 0.119 e. The highest BCUT2D eigenvalue weighted by atomic mass is 127. The Morgan fingerprint density at radius 3 is 2.41 bits per heavy atom. The van der Waals surface area contributed by atoms with Crippen molar-refractivity contribution in [3.8, 4) is 5.75 Å². The molecule has 0 aliphatic heterocycles. The third kappa shape index (κ3) is 1.97. The van der Waals surface area contributed by atoms with Gasteiger partial charge in [0.2, 0.25) is 0 Å². The van der Waals surface area contributed by atoms with Crippen LogP contribution in [0.15, 0.2) is 24.3 Å². The molecule has 0 bridgehead atoms. The molecule has 1 aromatic carbocycles. The molecule has 0 saturated heterocycles. The van der Waals surface area contributed by atoms with E-state index in [-0.39, 0.29) is 0 Å². The SMILES string of the molecule is NC1CC(Oc2ccc(I)cc2)C12CCCC2. The monoisotopic (exact) mass is 343 g/mol. The Labute approximate surface area is 116 Å². The highest BCUT2D eigenvalue weighted by Crippen LogP contribution is 2.53. The molecule has 3 rings (SSSR count). The molecule has 2 unspecified atom stereocenters. The Hall–Kier alpha value is -0.290. The number of benzene rings is 1. The molecule has 2 saturated carbocycles. The standard InChI is InChI=1S/C14H18INO/c15-10-3-5-11(6-4-10)17-13-9-12(16)14(13)7-1-2-8-14/h3-6,12-13H,1-2,7-9,16H2. The molecule has 2 aliphatic rings. The summed E-state index contributed by atoms with van der Waals surface area (Å²) in [7, 11) is 0. The van der Waals surface area contributed by atoms with Gasteiger partial charge in [-0.15, -0.1) is 0 Å². The fraction of sp³-hybridized carbons (Fsp3) is 0.571. The van der Waals surface area contributed by atoms with Gasteiger partial charge in [0.1, 0.15) is 11.9 Å². The van der Waals surface area contributed by atoms with E-state index in [9.17, 15) is 0 Å². The molecule has 17 heavy (non-hydrogen) atoms. The van der Waals surface area contributed by atoms with Crippen LogP contribution < -0.4 is 10.5 Å². The molecule has 2 atom stereocenters. The van der Waals surface area contributed by atoms with Gasteiger partial charge in [0, 0.05) is 21.4 Å². The average molecular weight is 343 g/mol. The van der Waals surface area contributed by atoms with E-state index < -0.39 is 0 Å². The van der Waals surface area contributed by atoms with Gasteiger partial charge in [-0.3, -0.25) is 0 Å². The second-order valence-corrected chi connectivity index (χ2v) is 6.59. The molecule has 3 heteroatoms. The Morgan fingerprint density at radius 2 is 1.82 bits per heavy atom. The highest BCUT2D eigenvalue weighted by Gasteiger charge is 2.55. The lowest BCUT2D eigenvalue weighted by molar-refractivity contribution is -0.0620. The largest absolute Gasteiger partial charge is 0.490 e. The van der Waals surface area contributed by atoms with E-state index >= 15 is 0 Å². The average Bonchev–Trinajstić information content (AvgIpc) is 2.83. The van der Waals surface area contributed by atoms with Crippen LogP contribution in [0, 0.1) is 8.99 Å². The van der Waals surface area contributed by atoms with Gasteiger partial charge in [-0.05, 0) is 59.7 Å². The molecule has 0 heterocycles. The zero-order chi connectivity index (χ0) is 11.9. The van der Waals surface area contributed by atoms with E-state index in [0.717, 1.165) is 12.2 Å². The third-order valence-corrected chi connectivity index (χ3v) is 5.19. The van der Waals surface area contributed by atoms with Crippen LogP contribution in [0.2, 0.25) is 0 Å². The fourth-order valence-corrected chi connectivity index (χ4v) is 3.71. The van der Waals surface area contributed by atoms with Crippen molar-refractivity contribution in [3.63, 3.8) is 0 Å². The van der Waals surface area contributed by atoms with Crippen molar-refractivity contribution in [1.29, 1.82) is 0 Å². The Bertz CT molecular complexity index is 397. The second-order valence-electron chi connectivity index (χ2n) is 5.34. The summed E-state index contributed by atoms with van der Waals surface area (Å²) in [6.45, 7) is 0. The van der Waals surface area contributed by atoms with Gasteiger partial charge >= 0.3 is 0 Å². The normalized spacial score (nSPS) is 30.2. The Balaban J connectivity index is 1.72. The van der Waals surface area contributed by atoms with Gasteiger partial charge < -0.3 is 10.5 Å². The summed E-state index contributed by atoms with van der Waals surface area (Å²) in [5.74, 6) is 0.994. The summed E-state index contributed by atoms with van der Waals surface area (Å²) in [6.07, 6.45) is 6.51. The highest BCUT2D eigenvalue weighted by molar-refractivity contribution is 14.1. The number of nitrogens with two attached hydrogens (primary N) is 1. The van der Waals surface area contributed by atoms with Crippen molar-refractivity contribution in [2.75, 3.05) is 0 Å². The van der Waals surface area contributed by atoms with E-state index in [2.05, 4.69) is 46.9 Å². The summed E-state index contributed by atoms with van der Waals surface area (Å²) in [5, 5.41) is 0. The number of halogens is 1. The Morgan fingerprint density at radius 1 is 1.18 bits per heavy atom. The molecule has 0 amide bonds.